The van der Waals surface area contributed by atoms with E-state index in [0.29, 0.717) is 0 Å². The summed E-state index contributed by atoms with van der Waals surface area (Å²) in [6.45, 7) is 2.14. The van der Waals surface area contributed by atoms with E-state index in [2.05, 4.69) is 5.32 Å². The Bertz CT molecular complexity index is 990. The molecular formula is C20H18ClN3O3. The molecular weight excluding hydrogens is 366 g/mol. The van der Waals surface area contributed by atoms with Crippen LogP contribution in [0.5, 0.6) is 0 Å². The summed E-state index contributed by atoms with van der Waals surface area (Å²) in [5, 5.41) is 2.62. The molecule has 6 nitrogen and oxygen atoms in total. The van der Waals surface area contributed by atoms with Crippen molar-refractivity contribution in [1.82, 2.24) is 5.32 Å². The van der Waals surface area contributed by atoms with Crippen LogP contribution in [0.15, 0.2) is 42.5 Å². The molecule has 4 amide bonds. The van der Waals surface area contributed by atoms with E-state index in [0.717, 1.165) is 21.7 Å². The van der Waals surface area contributed by atoms with E-state index in [-0.39, 0.29) is 23.7 Å². The summed E-state index contributed by atoms with van der Waals surface area (Å²) in [7, 11) is 1.84. The topological polar surface area (TPSA) is 69.7 Å². The summed E-state index contributed by atoms with van der Waals surface area (Å²) < 4.78 is 0. The maximum absolute atomic E-state index is 13.5. The number of carbonyl (C=O) groups excluding carboxylic acids is 3. The number of imide groups is 2. The molecule has 0 unspecified atom stereocenters. The number of benzene rings is 2. The van der Waals surface area contributed by atoms with Gasteiger partial charge in [0.1, 0.15) is 0 Å². The third-order valence-corrected chi connectivity index (χ3v) is 5.53. The molecule has 138 valence electrons. The number of carbonyl (C=O) groups is 3. The molecule has 1 spiro atoms. The molecule has 1 atom stereocenters. The number of anilines is 2. The predicted molar refractivity (Wildman–Crippen MR) is 103 cm³/mol. The van der Waals surface area contributed by atoms with Crippen molar-refractivity contribution in [1.29, 1.82) is 0 Å². The smallest absolute Gasteiger partial charge is 0.335 e. The SMILES string of the molecule is Cc1ccc2c(c1)C[C@]1(CN2C)C(=O)NC(=O)N(c2ccccc2Cl)C1=O. The molecule has 4 rings (SSSR count). The highest BCUT2D eigenvalue weighted by atomic mass is 35.5. The highest BCUT2D eigenvalue weighted by Gasteiger charge is 2.56. The number of amides is 4. The van der Waals surface area contributed by atoms with Crippen molar-refractivity contribution in [3.63, 3.8) is 0 Å². The molecule has 2 aromatic rings. The zero-order valence-corrected chi connectivity index (χ0v) is 15.7. The molecule has 1 fully saturated rings. The summed E-state index contributed by atoms with van der Waals surface area (Å²) >= 11 is 6.21. The van der Waals surface area contributed by atoms with Gasteiger partial charge in [0.15, 0.2) is 5.41 Å². The number of aryl methyl sites for hydroxylation is 1. The van der Waals surface area contributed by atoms with E-state index in [1.165, 1.54) is 0 Å². The van der Waals surface area contributed by atoms with Crippen molar-refractivity contribution >= 4 is 40.8 Å². The van der Waals surface area contributed by atoms with Gasteiger partial charge >= 0.3 is 6.03 Å². The van der Waals surface area contributed by atoms with Crippen LogP contribution in [0.4, 0.5) is 16.2 Å². The van der Waals surface area contributed by atoms with Gasteiger partial charge in [-0.25, -0.2) is 9.69 Å². The number of rotatable bonds is 1. The molecule has 2 aromatic carbocycles. The van der Waals surface area contributed by atoms with E-state index >= 15 is 0 Å². The van der Waals surface area contributed by atoms with E-state index in [9.17, 15) is 14.4 Å². The first-order valence-corrected chi connectivity index (χ1v) is 8.96. The molecule has 27 heavy (non-hydrogen) atoms. The quantitative estimate of drug-likeness (QED) is 0.769. The third-order valence-electron chi connectivity index (χ3n) is 5.21. The largest absolute Gasteiger partial charge is 0.373 e. The van der Waals surface area contributed by atoms with Crippen LogP contribution in [0.3, 0.4) is 0 Å². The van der Waals surface area contributed by atoms with Crippen LogP contribution < -0.4 is 15.1 Å². The first kappa shape index (κ1) is 17.5. The third kappa shape index (κ3) is 2.59. The van der Waals surface area contributed by atoms with Crippen LogP contribution in [-0.4, -0.2) is 31.4 Å². The maximum Gasteiger partial charge on any atom is 0.335 e. The lowest BCUT2D eigenvalue weighted by atomic mass is 9.74. The van der Waals surface area contributed by atoms with Gasteiger partial charge in [0.05, 0.1) is 10.7 Å². The summed E-state index contributed by atoms with van der Waals surface area (Å²) in [4.78, 5) is 41.7. The number of halogens is 1. The first-order valence-electron chi connectivity index (χ1n) is 8.59. The highest BCUT2D eigenvalue weighted by molar-refractivity contribution is 6.37. The lowest BCUT2D eigenvalue weighted by molar-refractivity contribution is -0.142. The Balaban J connectivity index is 1.83. The highest BCUT2D eigenvalue weighted by Crippen LogP contribution is 2.41. The van der Waals surface area contributed by atoms with Crippen LogP contribution in [0.2, 0.25) is 5.02 Å². The van der Waals surface area contributed by atoms with Crippen molar-refractivity contribution in [3.8, 4) is 0 Å². The second kappa shape index (κ2) is 6.09. The van der Waals surface area contributed by atoms with Gasteiger partial charge in [-0.1, -0.05) is 41.4 Å². The Labute approximate surface area is 161 Å². The van der Waals surface area contributed by atoms with Gasteiger partial charge in [0.25, 0.3) is 5.91 Å². The summed E-state index contributed by atoms with van der Waals surface area (Å²) in [5.74, 6) is -1.12. The standard InChI is InChI=1S/C20H18ClN3O3/c1-12-7-8-15-13(9-12)10-20(11-23(15)2)17(25)22-19(27)24(18(20)26)16-6-4-3-5-14(16)21/h3-9H,10-11H2,1-2H3,(H,22,25,27)/t20-/m0/s1. The number of hydrogen-bond donors (Lipinski definition) is 1. The van der Waals surface area contributed by atoms with Crippen LogP contribution in [-0.2, 0) is 16.0 Å². The summed E-state index contributed by atoms with van der Waals surface area (Å²) in [5.41, 5.74) is 1.81. The first-order chi connectivity index (χ1) is 12.8. The number of hydrogen-bond acceptors (Lipinski definition) is 4. The fourth-order valence-corrected chi connectivity index (χ4v) is 4.14. The van der Waals surface area contributed by atoms with Crippen LogP contribution in [0, 0.1) is 12.3 Å². The number of nitrogens with zero attached hydrogens (tertiary/aromatic N) is 2. The van der Waals surface area contributed by atoms with Crippen molar-refractivity contribution in [2.45, 2.75) is 13.3 Å². The predicted octanol–water partition coefficient (Wildman–Crippen LogP) is 2.91. The van der Waals surface area contributed by atoms with Crippen LogP contribution in [0.1, 0.15) is 11.1 Å². The number of nitrogens with one attached hydrogen (secondary N) is 1. The molecule has 0 bridgehead atoms. The summed E-state index contributed by atoms with van der Waals surface area (Å²) in [6.07, 6.45) is 0.229. The minimum Gasteiger partial charge on any atom is -0.373 e. The van der Waals surface area contributed by atoms with Crippen LogP contribution >= 0.6 is 11.6 Å². The molecule has 0 aliphatic carbocycles. The Hall–Kier alpha value is -2.86. The van der Waals surface area contributed by atoms with Gasteiger partial charge in [-0.15, -0.1) is 0 Å². The molecule has 2 aliphatic heterocycles. The number of para-hydroxylation sites is 1. The Morgan fingerprint density at radius 2 is 1.81 bits per heavy atom. The molecule has 0 radical (unpaired) electrons. The second-order valence-corrected chi connectivity index (χ2v) is 7.51. The van der Waals surface area contributed by atoms with Gasteiger partial charge in [-0.3, -0.25) is 14.9 Å². The van der Waals surface area contributed by atoms with Crippen molar-refractivity contribution in [3.05, 3.63) is 58.6 Å². The van der Waals surface area contributed by atoms with E-state index < -0.39 is 23.3 Å². The fraction of sp³-hybridized carbons (Fsp3) is 0.250. The number of urea groups is 1. The number of barbiturate groups is 1. The maximum atomic E-state index is 13.5. The Morgan fingerprint density at radius 1 is 1.07 bits per heavy atom. The summed E-state index contributed by atoms with van der Waals surface area (Å²) in [6, 6.07) is 11.8. The van der Waals surface area contributed by atoms with Gasteiger partial charge in [-0.2, -0.15) is 0 Å². The fourth-order valence-electron chi connectivity index (χ4n) is 3.92. The zero-order valence-electron chi connectivity index (χ0n) is 15.0. The lowest BCUT2D eigenvalue weighted by Crippen LogP contribution is -2.68. The van der Waals surface area contributed by atoms with Crippen molar-refractivity contribution in [2.75, 3.05) is 23.4 Å². The van der Waals surface area contributed by atoms with Crippen LogP contribution in [0.25, 0.3) is 0 Å². The lowest BCUT2D eigenvalue weighted by Gasteiger charge is -2.45. The molecule has 2 aliphatic rings. The van der Waals surface area contributed by atoms with Gasteiger partial charge in [0, 0.05) is 19.3 Å². The molecule has 2 heterocycles. The van der Waals surface area contributed by atoms with Gasteiger partial charge in [0.2, 0.25) is 5.91 Å². The molecule has 0 aromatic heterocycles. The molecule has 1 saturated heterocycles. The molecule has 7 heteroatoms. The average Bonchev–Trinajstić information content (AvgIpc) is 2.61. The minimum absolute atomic E-state index is 0.183. The minimum atomic E-state index is -1.39. The molecule has 0 saturated carbocycles. The zero-order chi connectivity index (χ0) is 19.3. The monoisotopic (exact) mass is 383 g/mol. The average molecular weight is 384 g/mol. The number of fused-ring (bicyclic) bond motifs is 1. The van der Waals surface area contributed by atoms with Gasteiger partial charge < -0.3 is 4.90 Å². The van der Waals surface area contributed by atoms with Crippen molar-refractivity contribution in [2.24, 2.45) is 5.41 Å². The Morgan fingerprint density at radius 3 is 2.56 bits per heavy atom. The van der Waals surface area contributed by atoms with Gasteiger partial charge in [-0.05, 0) is 37.1 Å². The van der Waals surface area contributed by atoms with E-state index in [1.54, 1.807) is 24.3 Å². The second-order valence-electron chi connectivity index (χ2n) is 7.10. The molecule has 1 N–H and O–H groups in total. The normalized spacial score (nSPS) is 22.1. The van der Waals surface area contributed by atoms with E-state index in [4.69, 9.17) is 11.6 Å². The van der Waals surface area contributed by atoms with E-state index in [1.807, 2.05) is 37.1 Å². The van der Waals surface area contributed by atoms with Crippen molar-refractivity contribution < 1.29 is 14.4 Å². The Kier molecular flexibility index (Phi) is 3.96.